The van der Waals surface area contributed by atoms with Crippen LogP contribution in [0.2, 0.25) is 0 Å². The molecule has 0 aromatic heterocycles. The minimum atomic E-state index is -5.08. The molecule has 0 saturated heterocycles. The Bertz CT molecular complexity index is 499. The van der Waals surface area contributed by atoms with Gasteiger partial charge < -0.3 is 16.2 Å². The minimum absolute atomic E-state index is 0.152. The fourth-order valence-corrected chi connectivity index (χ4v) is 2.02. The molecule has 1 unspecified atom stereocenters. The average molecular weight is 366 g/mol. The zero-order valence-electron chi connectivity index (χ0n) is 12.8. The van der Waals surface area contributed by atoms with Crippen molar-refractivity contribution in [3.8, 4) is 0 Å². The highest BCUT2D eigenvalue weighted by Gasteiger charge is 2.38. The van der Waals surface area contributed by atoms with Crippen molar-refractivity contribution in [2.24, 2.45) is 5.73 Å². The Morgan fingerprint density at radius 3 is 1.87 bits per heavy atom. The van der Waals surface area contributed by atoms with Crippen LogP contribution in [0.5, 0.6) is 0 Å². The molecular formula is C11H21F3N2O6S. The molecule has 23 heavy (non-hydrogen) atoms. The molecule has 12 heteroatoms. The van der Waals surface area contributed by atoms with E-state index in [0.717, 1.165) is 0 Å². The Labute approximate surface area is 132 Å². The maximum Gasteiger partial charge on any atom is 0.490 e. The molecule has 1 amide bonds. The molecule has 1 atom stereocenters. The van der Waals surface area contributed by atoms with E-state index in [-0.39, 0.29) is 24.1 Å². The second-order valence-corrected chi connectivity index (χ2v) is 7.04. The van der Waals surface area contributed by atoms with Crippen molar-refractivity contribution in [1.29, 1.82) is 0 Å². The van der Waals surface area contributed by atoms with E-state index >= 15 is 0 Å². The molecule has 0 aliphatic rings. The first-order valence-electron chi connectivity index (χ1n) is 6.25. The number of alkyl halides is 3. The van der Waals surface area contributed by atoms with Gasteiger partial charge in [0.05, 0.1) is 5.75 Å². The zero-order chi connectivity index (χ0) is 19.1. The number of aliphatic carboxylic acids is 1. The van der Waals surface area contributed by atoms with Crippen molar-refractivity contribution in [1.82, 2.24) is 5.32 Å². The summed E-state index contributed by atoms with van der Waals surface area (Å²) >= 11 is 0. The van der Waals surface area contributed by atoms with E-state index in [1.807, 2.05) is 0 Å². The van der Waals surface area contributed by atoms with Crippen molar-refractivity contribution in [3.05, 3.63) is 0 Å². The van der Waals surface area contributed by atoms with Crippen LogP contribution in [0.4, 0.5) is 13.2 Å². The molecule has 0 aromatic rings. The molecule has 0 aliphatic heterocycles. The lowest BCUT2D eigenvalue weighted by Gasteiger charge is -2.26. The summed E-state index contributed by atoms with van der Waals surface area (Å²) in [4.78, 5) is 19.8. The van der Waals surface area contributed by atoms with Crippen molar-refractivity contribution >= 4 is 22.0 Å². The van der Waals surface area contributed by atoms with Crippen LogP contribution in [0.15, 0.2) is 0 Å². The molecule has 0 aromatic carbocycles. The first kappa shape index (κ1) is 23.9. The Hall–Kier alpha value is -1.40. The van der Waals surface area contributed by atoms with Crippen LogP contribution >= 0.6 is 0 Å². The third kappa shape index (κ3) is 18.6. The van der Waals surface area contributed by atoms with Gasteiger partial charge >= 0.3 is 12.1 Å². The van der Waals surface area contributed by atoms with E-state index in [9.17, 15) is 26.4 Å². The second kappa shape index (κ2) is 9.03. The average Bonchev–Trinajstić information content (AvgIpc) is 2.21. The highest BCUT2D eigenvalue weighted by molar-refractivity contribution is 7.85. The minimum Gasteiger partial charge on any atom is -0.475 e. The molecule has 0 bridgehead atoms. The SMILES string of the molecule is CC(=O)NC(CCS(=O)(=O)O)CC(C)(C)N.O=C(O)C(F)(F)F. The fourth-order valence-electron chi connectivity index (χ4n) is 1.44. The number of carboxylic acids is 1. The summed E-state index contributed by atoms with van der Waals surface area (Å²) in [7, 11) is -4.00. The summed E-state index contributed by atoms with van der Waals surface area (Å²) in [6.45, 7) is 4.93. The van der Waals surface area contributed by atoms with Gasteiger partial charge in [0.2, 0.25) is 5.91 Å². The number of rotatable bonds is 6. The molecule has 0 heterocycles. The zero-order valence-corrected chi connectivity index (χ0v) is 13.7. The van der Waals surface area contributed by atoms with Gasteiger partial charge in [-0.2, -0.15) is 21.6 Å². The van der Waals surface area contributed by atoms with E-state index in [1.54, 1.807) is 13.8 Å². The number of nitrogens with one attached hydrogen (secondary N) is 1. The molecule has 0 aliphatic carbocycles. The maximum absolute atomic E-state index is 10.9. The number of hydrogen-bond acceptors (Lipinski definition) is 5. The lowest BCUT2D eigenvalue weighted by atomic mass is 9.95. The second-order valence-electron chi connectivity index (χ2n) is 5.47. The number of carbonyl (C=O) groups excluding carboxylic acids is 1. The number of carbonyl (C=O) groups is 2. The molecular weight excluding hydrogens is 345 g/mol. The van der Waals surface area contributed by atoms with Gasteiger partial charge in [0.1, 0.15) is 0 Å². The number of hydrogen-bond donors (Lipinski definition) is 4. The van der Waals surface area contributed by atoms with Gasteiger partial charge in [0.25, 0.3) is 10.1 Å². The van der Waals surface area contributed by atoms with Crippen LogP contribution in [0.3, 0.4) is 0 Å². The van der Waals surface area contributed by atoms with Crippen LogP contribution in [0.25, 0.3) is 0 Å². The molecule has 138 valence electrons. The van der Waals surface area contributed by atoms with Gasteiger partial charge in [-0.3, -0.25) is 9.35 Å². The molecule has 0 spiro atoms. The molecule has 0 rings (SSSR count). The smallest absolute Gasteiger partial charge is 0.475 e. The third-order valence-electron chi connectivity index (χ3n) is 2.15. The van der Waals surface area contributed by atoms with Gasteiger partial charge in [-0.25, -0.2) is 4.79 Å². The van der Waals surface area contributed by atoms with E-state index < -0.39 is 27.8 Å². The summed E-state index contributed by atoms with van der Waals surface area (Å²) < 4.78 is 61.6. The largest absolute Gasteiger partial charge is 0.490 e. The van der Waals surface area contributed by atoms with Gasteiger partial charge in [-0.05, 0) is 26.7 Å². The Kier molecular flexibility index (Phi) is 9.37. The van der Waals surface area contributed by atoms with Gasteiger partial charge in [-0.1, -0.05) is 0 Å². The summed E-state index contributed by atoms with van der Waals surface area (Å²) in [5.41, 5.74) is 5.28. The van der Waals surface area contributed by atoms with Crippen molar-refractivity contribution in [3.63, 3.8) is 0 Å². The fraction of sp³-hybridized carbons (Fsp3) is 0.818. The first-order valence-corrected chi connectivity index (χ1v) is 7.86. The Balaban J connectivity index is 0. The van der Waals surface area contributed by atoms with E-state index in [2.05, 4.69) is 5.32 Å². The van der Waals surface area contributed by atoms with Crippen molar-refractivity contribution in [2.75, 3.05) is 5.75 Å². The summed E-state index contributed by atoms with van der Waals surface area (Å²) in [6.07, 6.45) is -4.48. The van der Waals surface area contributed by atoms with Gasteiger partial charge in [-0.15, -0.1) is 0 Å². The maximum atomic E-state index is 10.9. The number of carboxylic acid groups (broad SMARTS) is 1. The van der Waals surface area contributed by atoms with Crippen molar-refractivity contribution in [2.45, 2.75) is 51.4 Å². The molecule has 0 fully saturated rings. The van der Waals surface area contributed by atoms with Crippen LogP contribution in [0, 0.1) is 0 Å². The predicted octanol–water partition coefficient (Wildman–Crippen LogP) is 0.530. The number of halogens is 3. The monoisotopic (exact) mass is 366 g/mol. The molecule has 8 nitrogen and oxygen atoms in total. The number of nitrogens with two attached hydrogens (primary N) is 1. The van der Waals surface area contributed by atoms with Gasteiger partial charge in [0.15, 0.2) is 0 Å². The van der Waals surface area contributed by atoms with Crippen LogP contribution in [-0.2, 0) is 19.7 Å². The number of amides is 1. The highest BCUT2D eigenvalue weighted by atomic mass is 32.2. The van der Waals surface area contributed by atoms with Crippen molar-refractivity contribution < 1.29 is 40.8 Å². The Morgan fingerprint density at radius 1 is 1.26 bits per heavy atom. The standard InChI is InChI=1S/C9H20N2O4S.C2HF3O2/c1-7(12)11-8(6-9(2,3)10)4-5-16(13,14)15;3-2(4,5)1(6)7/h8H,4-6,10H2,1-3H3,(H,11,12)(H,13,14,15);(H,6,7). The molecule has 0 saturated carbocycles. The summed E-state index contributed by atoms with van der Waals surface area (Å²) in [6, 6.07) is -0.348. The highest BCUT2D eigenvalue weighted by Crippen LogP contribution is 2.13. The first-order chi connectivity index (χ1) is 9.94. The topological polar surface area (TPSA) is 147 Å². The predicted molar refractivity (Wildman–Crippen MR) is 75.2 cm³/mol. The Morgan fingerprint density at radius 2 is 1.65 bits per heavy atom. The van der Waals surface area contributed by atoms with E-state index in [0.29, 0.717) is 6.42 Å². The van der Waals surface area contributed by atoms with Crippen LogP contribution in [0.1, 0.15) is 33.6 Å². The third-order valence-corrected chi connectivity index (χ3v) is 2.90. The van der Waals surface area contributed by atoms with Gasteiger partial charge in [0, 0.05) is 18.5 Å². The summed E-state index contributed by atoms with van der Waals surface area (Å²) in [5, 5.41) is 9.74. The lowest BCUT2D eigenvalue weighted by molar-refractivity contribution is -0.192. The molecule has 0 radical (unpaired) electrons. The molecule has 5 N–H and O–H groups in total. The van der Waals surface area contributed by atoms with Crippen LogP contribution in [-0.4, -0.2) is 53.5 Å². The lowest BCUT2D eigenvalue weighted by Crippen LogP contribution is -2.44. The quantitative estimate of drug-likeness (QED) is 0.501. The van der Waals surface area contributed by atoms with Crippen LogP contribution < -0.4 is 11.1 Å². The van der Waals surface area contributed by atoms with E-state index in [4.69, 9.17) is 20.2 Å². The normalized spacial score (nSPS) is 13.6. The summed E-state index contributed by atoms with van der Waals surface area (Å²) in [5.74, 6) is -3.38. The van der Waals surface area contributed by atoms with E-state index in [1.165, 1.54) is 6.92 Å².